The van der Waals surface area contributed by atoms with Gasteiger partial charge in [0.15, 0.2) is 5.65 Å². The Morgan fingerprint density at radius 1 is 1.03 bits per heavy atom. The van der Waals surface area contributed by atoms with Gasteiger partial charge in [-0.05, 0) is 32.2 Å². The molecule has 1 aromatic carbocycles. The predicted molar refractivity (Wildman–Crippen MR) is 114 cm³/mol. The molecular weight excluding hydrogens is 362 g/mol. The number of nitrogens with one attached hydrogen (secondary N) is 1. The first kappa shape index (κ1) is 18.0. The zero-order valence-corrected chi connectivity index (χ0v) is 16.8. The Bertz CT molecular complexity index is 1130. The minimum atomic E-state index is 0.827. The largest absolute Gasteiger partial charge is 0.340 e. The summed E-state index contributed by atoms with van der Waals surface area (Å²) in [7, 11) is 2.18. The van der Waals surface area contributed by atoms with Gasteiger partial charge in [-0.1, -0.05) is 23.8 Å². The third kappa shape index (κ3) is 3.66. The quantitative estimate of drug-likeness (QED) is 0.583. The van der Waals surface area contributed by atoms with Gasteiger partial charge in [0.05, 0.1) is 17.9 Å². The standard InChI is InChI=1S/C22H25N7/c1-16-4-3-5-17(12-16)21-22(18-6-7-29-20(13-18)23-15-24-29)26-19(25-21)14-28-10-8-27(2)9-11-28/h3-7,12-13,15H,8-11,14H2,1-2H3,(H,25,26). The van der Waals surface area contributed by atoms with Crippen LogP contribution in [0.1, 0.15) is 11.4 Å². The lowest BCUT2D eigenvalue weighted by atomic mass is 10.0. The summed E-state index contributed by atoms with van der Waals surface area (Å²) in [5.74, 6) is 1.00. The van der Waals surface area contributed by atoms with Crippen molar-refractivity contribution in [3.63, 3.8) is 0 Å². The Hall–Kier alpha value is -3.03. The molecule has 0 saturated carbocycles. The number of likely N-dealkylation sites (N-methyl/N-ethyl adjacent to an activating group) is 1. The molecule has 0 radical (unpaired) electrons. The van der Waals surface area contributed by atoms with Crippen LogP contribution in [0.15, 0.2) is 48.9 Å². The number of fused-ring (bicyclic) bond motifs is 1. The van der Waals surface area contributed by atoms with Gasteiger partial charge in [-0.2, -0.15) is 5.10 Å². The highest BCUT2D eigenvalue weighted by Crippen LogP contribution is 2.31. The van der Waals surface area contributed by atoms with Crippen molar-refractivity contribution in [2.75, 3.05) is 33.2 Å². The van der Waals surface area contributed by atoms with E-state index in [0.717, 1.165) is 66.7 Å². The molecule has 5 rings (SSSR count). The second kappa shape index (κ2) is 7.42. The third-order valence-corrected chi connectivity index (χ3v) is 5.58. The molecule has 3 aromatic heterocycles. The van der Waals surface area contributed by atoms with E-state index in [1.807, 2.05) is 6.20 Å². The number of aromatic amines is 1. The number of aromatic nitrogens is 5. The molecule has 1 aliphatic heterocycles. The molecule has 0 aliphatic carbocycles. The maximum atomic E-state index is 5.03. The summed E-state index contributed by atoms with van der Waals surface area (Å²) in [6.07, 6.45) is 3.52. The molecule has 1 fully saturated rings. The second-order valence-corrected chi connectivity index (χ2v) is 7.83. The fraction of sp³-hybridized carbons (Fsp3) is 0.318. The molecule has 4 aromatic rings. The first-order chi connectivity index (χ1) is 14.2. The van der Waals surface area contributed by atoms with E-state index in [1.54, 1.807) is 10.8 Å². The Balaban J connectivity index is 1.55. The fourth-order valence-corrected chi connectivity index (χ4v) is 3.90. The van der Waals surface area contributed by atoms with Gasteiger partial charge in [-0.25, -0.2) is 14.5 Å². The third-order valence-electron chi connectivity index (χ3n) is 5.58. The molecule has 4 heterocycles. The van der Waals surface area contributed by atoms with Crippen molar-refractivity contribution in [1.29, 1.82) is 0 Å². The summed E-state index contributed by atoms with van der Waals surface area (Å²) in [5.41, 5.74) is 6.27. The van der Waals surface area contributed by atoms with Crippen molar-refractivity contribution in [3.8, 4) is 22.5 Å². The van der Waals surface area contributed by atoms with E-state index in [-0.39, 0.29) is 0 Å². The van der Waals surface area contributed by atoms with Gasteiger partial charge < -0.3 is 9.88 Å². The summed E-state index contributed by atoms with van der Waals surface area (Å²) in [4.78, 5) is 17.8. The van der Waals surface area contributed by atoms with Gasteiger partial charge in [-0.15, -0.1) is 0 Å². The Morgan fingerprint density at radius 3 is 2.72 bits per heavy atom. The van der Waals surface area contributed by atoms with Crippen molar-refractivity contribution >= 4 is 5.65 Å². The Morgan fingerprint density at radius 2 is 1.90 bits per heavy atom. The zero-order chi connectivity index (χ0) is 19.8. The van der Waals surface area contributed by atoms with Crippen LogP contribution < -0.4 is 0 Å². The maximum Gasteiger partial charge on any atom is 0.155 e. The Kier molecular flexibility index (Phi) is 4.61. The average molecular weight is 387 g/mol. The van der Waals surface area contributed by atoms with Crippen LogP contribution in [0.3, 0.4) is 0 Å². The summed E-state index contributed by atoms with van der Waals surface area (Å²) in [6.45, 7) is 7.28. The molecule has 7 nitrogen and oxygen atoms in total. The lowest BCUT2D eigenvalue weighted by Gasteiger charge is -2.31. The number of pyridine rings is 1. The van der Waals surface area contributed by atoms with E-state index in [1.165, 1.54) is 5.56 Å². The summed E-state index contributed by atoms with van der Waals surface area (Å²) < 4.78 is 1.78. The molecule has 0 atom stereocenters. The minimum absolute atomic E-state index is 0.827. The summed E-state index contributed by atoms with van der Waals surface area (Å²) in [5, 5.41) is 4.20. The van der Waals surface area contributed by atoms with Crippen LogP contribution in [0.4, 0.5) is 0 Å². The van der Waals surface area contributed by atoms with Crippen LogP contribution in [-0.2, 0) is 6.54 Å². The van der Waals surface area contributed by atoms with Gasteiger partial charge in [0.2, 0.25) is 0 Å². The van der Waals surface area contributed by atoms with Crippen molar-refractivity contribution in [3.05, 3.63) is 60.3 Å². The number of imidazole rings is 1. The van der Waals surface area contributed by atoms with Crippen LogP contribution in [-0.4, -0.2) is 67.6 Å². The van der Waals surface area contributed by atoms with E-state index < -0.39 is 0 Å². The van der Waals surface area contributed by atoms with Crippen LogP contribution in [0.25, 0.3) is 28.2 Å². The lowest BCUT2D eigenvalue weighted by Crippen LogP contribution is -2.44. The number of hydrogen-bond donors (Lipinski definition) is 1. The highest BCUT2D eigenvalue weighted by atomic mass is 15.3. The molecule has 0 spiro atoms. The van der Waals surface area contributed by atoms with Crippen molar-refractivity contribution < 1.29 is 0 Å². The molecule has 1 aliphatic rings. The average Bonchev–Trinajstić information content (AvgIpc) is 3.36. The maximum absolute atomic E-state index is 5.03. The molecule has 148 valence electrons. The number of benzene rings is 1. The van der Waals surface area contributed by atoms with Crippen molar-refractivity contribution in [1.82, 2.24) is 34.4 Å². The molecule has 7 heteroatoms. The monoisotopic (exact) mass is 387 g/mol. The first-order valence-corrected chi connectivity index (χ1v) is 10.0. The minimum Gasteiger partial charge on any atom is -0.340 e. The van der Waals surface area contributed by atoms with Crippen molar-refractivity contribution in [2.24, 2.45) is 0 Å². The molecule has 0 unspecified atom stereocenters. The molecule has 1 N–H and O–H groups in total. The van der Waals surface area contributed by atoms with E-state index in [2.05, 4.69) is 75.2 Å². The number of nitrogens with zero attached hydrogens (tertiary/aromatic N) is 6. The fourth-order valence-electron chi connectivity index (χ4n) is 3.90. The van der Waals surface area contributed by atoms with E-state index >= 15 is 0 Å². The normalized spacial score (nSPS) is 15.9. The summed E-state index contributed by atoms with van der Waals surface area (Å²) in [6, 6.07) is 12.6. The van der Waals surface area contributed by atoms with Gasteiger partial charge in [0, 0.05) is 43.5 Å². The van der Waals surface area contributed by atoms with Gasteiger partial charge >= 0.3 is 0 Å². The zero-order valence-electron chi connectivity index (χ0n) is 16.8. The van der Waals surface area contributed by atoms with E-state index in [4.69, 9.17) is 4.98 Å². The number of aryl methyl sites for hydroxylation is 1. The molecule has 0 bridgehead atoms. The molecular formula is C22H25N7. The number of hydrogen-bond acceptors (Lipinski definition) is 5. The van der Waals surface area contributed by atoms with E-state index in [9.17, 15) is 0 Å². The lowest BCUT2D eigenvalue weighted by molar-refractivity contribution is 0.146. The van der Waals surface area contributed by atoms with Crippen LogP contribution in [0, 0.1) is 6.92 Å². The number of rotatable bonds is 4. The van der Waals surface area contributed by atoms with Crippen molar-refractivity contribution in [2.45, 2.75) is 13.5 Å². The Labute approximate surface area is 170 Å². The van der Waals surface area contributed by atoms with E-state index in [0.29, 0.717) is 0 Å². The number of piperazine rings is 1. The highest BCUT2D eigenvalue weighted by molar-refractivity contribution is 5.79. The molecule has 1 saturated heterocycles. The first-order valence-electron chi connectivity index (χ1n) is 10.0. The smallest absolute Gasteiger partial charge is 0.155 e. The van der Waals surface area contributed by atoms with Gasteiger partial charge in [-0.3, -0.25) is 4.90 Å². The predicted octanol–water partition coefficient (Wildman–Crippen LogP) is 2.84. The second-order valence-electron chi connectivity index (χ2n) is 7.83. The highest BCUT2D eigenvalue weighted by Gasteiger charge is 2.19. The van der Waals surface area contributed by atoms with Gasteiger partial charge in [0.1, 0.15) is 12.2 Å². The van der Waals surface area contributed by atoms with Crippen LogP contribution in [0.2, 0.25) is 0 Å². The van der Waals surface area contributed by atoms with Gasteiger partial charge in [0.25, 0.3) is 0 Å². The summed E-state index contributed by atoms with van der Waals surface area (Å²) >= 11 is 0. The topological polar surface area (TPSA) is 65.4 Å². The molecule has 0 amide bonds. The van der Waals surface area contributed by atoms with Crippen LogP contribution >= 0.6 is 0 Å². The number of H-pyrrole nitrogens is 1. The SMILES string of the molecule is Cc1cccc(-c2nc(CN3CCN(C)CC3)[nH]c2-c2ccn3ncnc3c2)c1. The van der Waals surface area contributed by atoms with Crippen LogP contribution in [0.5, 0.6) is 0 Å². The molecule has 29 heavy (non-hydrogen) atoms.